The van der Waals surface area contributed by atoms with Crippen molar-refractivity contribution >= 4 is 46.4 Å². The van der Waals surface area contributed by atoms with Crippen LogP contribution in [0.15, 0.2) is 30.3 Å². The van der Waals surface area contributed by atoms with E-state index in [-0.39, 0.29) is 6.42 Å². The largest absolute Gasteiger partial charge is 0.198 e. The predicted molar refractivity (Wildman–Crippen MR) is 81.2 cm³/mol. The second-order valence-corrected chi connectivity index (χ2v) is 5.45. The molecule has 19 heavy (non-hydrogen) atoms. The molecule has 2 rings (SSSR count). The fourth-order valence-electron chi connectivity index (χ4n) is 1.80. The molecule has 0 N–H and O–H groups in total. The lowest BCUT2D eigenvalue weighted by Crippen LogP contribution is -1.90. The molecule has 0 radical (unpaired) electrons. The Kier molecular flexibility index (Phi) is 4.60. The van der Waals surface area contributed by atoms with Gasteiger partial charge in [0.1, 0.15) is 0 Å². The monoisotopic (exact) mass is 329 g/mol. The molecule has 0 aliphatic heterocycles. The van der Waals surface area contributed by atoms with Crippen LogP contribution >= 0.6 is 46.4 Å². The van der Waals surface area contributed by atoms with Gasteiger partial charge in [0.05, 0.1) is 27.6 Å². The summed E-state index contributed by atoms with van der Waals surface area (Å²) >= 11 is 24.1. The van der Waals surface area contributed by atoms with Crippen molar-refractivity contribution in [3.63, 3.8) is 0 Å². The number of hydrogen-bond acceptors (Lipinski definition) is 1. The number of hydrogen-bond donors (Lipinski definition) is 0. The smallest absolute Gasteiger partial charge is 0.0778 e. The Morgan fingerprint density at radius 1 is 0.947 bits per heavy atom. The average Bonchev–Trinajstić information content (AvgIpc) is 2.38. The van der Waals surface area contributed by atoms with E-state index in [1.165, 1.54) is 0 Å². The molecule has 96 valence electrons. The number of halogens is 4. The first-order valence-corrected chi connectivity index (χ1v) is 6.85. The van der Waals surface area contributed by atoms with Crippen LogP contribution in [0.5, 0.6) is 0 Å². The maximum absolute atomic E-state index is 8.89. The van der Waals surface area contributed by atoms with Gasteiger partial charge in [0.2, 0.25) is 0 Å². The third kappa shape index (κ3) is 2.99. The molecule has 5 heteroatoms. The van der Waals surface area contributed by atoms with Gasteiger partial charge in [-0.3, -0.25) is 0 Å². The first-order valence-electron chi connectivity index (χ1n) is 5.34. The van der Waals surface area contributed by atoms with Crippen LogP contribution in [0.1, 0.15) is 5.56 Å². The van der Waals surface area contributed by atoms with Gasteiger partial charge < -0.3 is 0 Å². The normalized spacial score (nSPS) is 10.3. The van der Waals surface area contributed by atoms with E-state index in [1.807, 2.05) is 12.1 Å². The van der Waals surface area contributed by atoms with Gasteiger partial charge in [0.15, 0.2) is 0 Å². The van der Waals surface area contributed by atoms with Gasteiger partial charge in [-0.05, 0) is 34.9 Å². The minimum absolute atomic E-state index is 0.215. The van der Waals surface area contributed by atoms with E-state index in [0.29, 0.717) is 20.1 Å². The Bertz CT molecular complexity index is 651. The highest BCUT2D eigenvalue weighted by molar-refractivity contribution is 6.48. The van der Waals surface area contributed by atoms with Crippen molar-refractivity contribution in [2.24, 2.45) is 0 Å². The van der Waals surface area contributed by atoms with Crippen molar-refractivity contribution in [1.82, 2.24) is 0 Å². The first kappa shape index (κ1) is 14.5. The molecular formula is C14H7Cl4N. The number of nitriles is 1. The van der Waals surface area contributed by atoms with Crippen molar-refractivity contribution in [3.8, 4) is 17.2 Å². The maximum Gasteiger partial charge on any atom is 0.0778 e. The zero-order valence-electron chi connectivity index (χ0n) is 9.55. The molecule has 0 amide bonds. The van der Waals surface area contributed by atoms with Crippen LogP contribution in [0.3, 0.4) is 0 Å². The lowest BCUT2D eigenvalue weighted by atomic mass is 9.98. The van der Waals surface area contributed by atoms with Crippen molar-refractivity contribution < 1.29 is 0 Å². The van der Waals surface area contributed by atoms with Crippen molar-refractivity contribution in [1.29, 1.82) is 5.26 Å². The molecular weight excluding hydrogens is 324 g/mol. The molecule has 2 aromatic rings. The molecule has 0 aliphatic rings. The molecule has 0 fully saturated rings. The molecule has 0 aliphatic carbocycles. The van der Waals surface area contributed by atoms with E-state index in [4.69, 9.17) is 51.7 Å². The standard InChI is InChI=1S/C14H7Cl4N/c15-11-3-1-2-9(10(11)4-5-19)8-6-12(16)14(18)13(17)7-8/h1-3,6-7H,4H2. The summed E-state index contributed by atoms with van der Waals surface area (Å²) in [5.74, 6) is 0. The van der Waals surface area contributed by atoms with Crippen LogP contribution < -0.4 is 0 Å². The molecule has 0 bridgehead atoms. The highest BCUT2D eigenvalue weighted by Crippen LogP contribution is 2.37. The van der Waals surface area contributed by atoms with Gasteiger partial charge in [0.25, 0.3) is 0 Å². The molecule has 0 aromatic heterocycles. The first-order chi connectivity index (χ1) is 9.04. The van der Waals surface area contributed by atoms with Crippen LogP contribution in [0.4, 0.5) is 0 Å². The molecule has 0 atom stereocenters. The summed E-state index contributed by atoms with van der Waals surface area (Å²) in [7, 11) is 0. The Hall–Kier alpha value is -0.910. The molecule has 2 aromatic carbocycles. The second kappa shape index (κ2) is 6.03. The molecule has 0 unspecified atom stereocenters. The minimum Gasteiger partial charge on any atom is -0.198 e. The van der Waals surface area contributed by atoms with Crippen LogP contribution in [0.2, 0.25) is 20.1 Å². The van der Waals surface area contributed by atoms with Gasteiger partial charge in [-0.15, -0.1) is 0 Å². The molecule has 0 saturated carbocycles. The predicted octanol–water partition coefficient (Wildman–Crippen LogP) is 6.03. The second-order valence-electron chi connectivity index (χ2n) is 3.85. The Balaban J connectivity index is 2.66. The molecule has 0 spiro atoms. The SMILES string of the molecule is N#CCc1c(Cl)cccc1-c1cc(Cl)c(Cl)c(Cl)c1. The summed E-state index contributed by atoms with van der Waals surface area (Å²) < 4.78 is 0. The Morgan fingerprint density at radius 2 is 1.58 bits per heavy atom. The maximum atomic E-state index is 8.89. The topological polar surface area (TPSA) is 23.8 Å². The van der Waals surface area contributed by atoms with Crippen molar-refractivity contribution in [3.05, 3.63) is 56.0 Å². The minimum atomic E-state index is 0.215. The fourth-order valence-corrected chi connectivity index (χ4v) is 2.64. The summed E-state index contributed by atoms with van der Waals surface area (Å²) in [6.07, 6.45) is 0.215. The zero-order valence-corrected chi connectivity index (χ0v) is 12.6. The highest BCUT2D eigenvalue weighted by atomic mass is 35.5. The number of nitrogens with zero attached hydrogens (tertiary/aromatic N) is 1. The number of benzene rings is 2. The summed E-state index contributed by atoms with van der Waals surface area (Å²) in [5.41, 5.74) is 2.36. The van der Waals surface area contributed by atoms with Gasteiger partial charge in [0, 0.05) is 5.02 Å². The van der Waals surface area contributed by atoms with Crippen LogP contribution in [0, 0.1) is 11.3 Å². The average molecular weight is 331 g/mol. The van der Waals surface area contributed by atoms with E-state index in [1.54, 1.807) is 18.2 Å². The van der Waals surface area contributed by atoms with E-state index in [0.717, 1.165) is 16.7 Å². The molecule has 0 heterocycles. The lowest BCUT2D eigenvalue weighted by molar-refractivity contribution is 1.26. The van der Waals surface area contributed by atoms with Gasteiger partial charge in [-0.1, -0.05) is 58.5 Å². The highest BCUT2D eigenvalue weighted by Gasteiger charge is 2.12. The fraction of sp³-hybridized carbons (Fsp3) is 0.0714. The van der Waals surface area contributed by atoms with E-state index < -0.39 is 0 Å². The van der Waals surface area contributed by atoms with Crippen LogP contribution in [0.25, 0.3) is 11.1 Å². The van der Waals surface area contributed by atoms with E-state index in [2.05, 4.69) is 6.07 Å². The molecule has 0 saturated heterocycles. The Morgan fingerprint density at radius 3 is 2.16 bits per heavy atom. The summed E-state index contributed by atoms with van der Waals surface area (Å²) in [6.45, 7) is 0. The summed E-state index contributed by atoms with van der Waals surface area (Å²) in [4.78, 5) is 0. The third-order valence-electron chi connectivity index (χ3n) is 2.67. The van der Waals surface area contributed by atoms with Crippen LogP contribution in [-0.2, 0) is 6.42 Å². The number of rotatable bonds is 2. The van der Waals surface area contributed by atoms with Gasteiger partial charge in [-0.25, -0.2) is 0 Å². The zero-order chi connectivity index (χ0) is 14.0. The van der Waals surface area contributed by atoms with Crippen LogP contribution in [-0.4, -0.2) is 0 Å². The van der Waals surface area contributed by atoms with Gasteiger partial charge in [-0.2, -0.15) is 5.26 Å². The molecule has 1 nitrogen and oxygen atoms in total. The third-order valence-corrected chi connectivity index (χ3v) is 4.22. The summed E-state index contributed by atoms with van der Waals surface area (Å²) in [5, 5.41) is 10.5. The van der Waals surface area contributed by atoms with Crippen molar-refractivity contribution in [2.75, 3.05) is 0 Å². The van der Waals surface area contributed by atoms with E-state index >= 15 is 0 Å². The Labute approximate surface area is 131 Å². The van der Waals surface area contributed by atoms with E-state index in [9.17, 15) is 0 Å². The van der Waals surface area contributed by atoms with Gasteiger partial charge >= 0.3 is 0 Å². The quantitative estimate of drug-likeness (QED) is 0.616. The van der Waals surface area contributed by atoms with Crippen molar-refractivity contribution in [2.45, 2.75) is 6.42 Å². The lowest BCUT2D eigenvalue weighted by Gasteiger charge is -2.11. The summed E-state index contributed by atoms with van der Waals surface area (Å²) in [6, 6.07) is 11.0.